The van der Waals surface area contributed by atoms with Crippen LogP contribution in [0.25, 0.3) is 0 Å². The normalized spacial score (nSPS) is 12.2. The highest BCUT2D eigenvalue weighted by atomic mass is 32.1. The smallest absolute Gasteiger partial charge is 0.128 e. The molecule has 1 atom stereocenters. The van der Waals surface area contributed by atoms with E-state index in [1.165, 1.54) is 16.4 Å². The first-order chi connectivity index (χ1) is 8.52. The predicted octanol–water partition coefficient (Wildman–Crippen LogP) is 3.57. The Morgan fingerprint density at radius 3 is 2.56 bits per heavy atom. The topological polar surface area (TPSA) is 61.6 Å². The van der Waals surface area contributed by atoms with E-state index in [-0.39, 0.29) is 6.04 Å². The fourth-order valence-corrected chi connectivity index (χ4v) is 3.57. The monoisotopic (exact) mass is 278 g/mol. The maximum Gasteiger partial charge on any atom is 0.128 e. The average molecular weight is 278 g/mol. The summed E-state index contributed by atoms with van der Waals surface area (Å²) in [6.45, 7) is 7.95. The third-order valence-electron chi connectivity index (χ3n) is 2.65. The second kappa shape index (κ2) is 5.04. The van der Waals surface area contributed by atoms with Gasteiger partial charge in [-0.2, -0.15) is 9.64 Å². The molecule has 0 aromatic carbocycles. The zero-order chi connectivity index (χ0) is 13.3. The third-order valence-corrected chi connectivity index (χ3v) is 4.78. The van der Waals surface area contributed by atoms with E-state index in [1.54, 1.807) is 11.3 Å². The number of hydrogen-bond donors (Lipinski definition) is 1. The van der Waals surface area contributed by atoms with Gasteiger partial charge >= 0.3 is 0 Å². The number of nitriles is 1. The molecule has 2 heterocycles. The van der Waals surface area contributed by atoms with Gasteiger partial charge in [-0.15, -0.1) is 11.3 Å². The maximum absolute atomic E-state index is 9.10. The SMILES string of the molecule is Cc1nc(C)c(C(C)Nc2snc(C)c2C#N)s1. The average Bonchev–Trinajstić information content (AvgIpc) is 2.82. The van der Waals surface area contributed by atoms with Gasteiger partial charge in [0.05, 0.1) is 22.4 Å². The Morgan fingerprint density at radius 1 is 1.28 bits per heavy atom. The Bertz CT molecular complexity index is 606. The van der Waals surface area contributed by atoms with Crippen molar-refractivity contribution in [3.63, 3.8) is 0 Å². The summed E-state index contributed by atoms with van der Waals surface area (Å²) in [6.07, 6.45) is 0. The Hall–Kier alpha value is -1.45. The summed E-state index contributed by atoms with van der Waals surface area (Å²) < 4.78 is 4.21. The standard InChI is InChI=1S/C12H14N4S2/c1-6-10(5-13)12(18-16-6)15-8(3)11-7(2)14-9(4)17-11/h8,15H,1-4H3. The highest BCUT2D eigenvalue weighted by molar-refractivity contribution is 7.12. The Labute approximate surface area is 114 Å². The largest absolute Gasteiger partial charge is 0.367 e. The first-order valence-corrected chi connectivity index (χ1v) is 7.18. The molecule has 0 radical (unpaired) electrons. The Morgan fingerprint density at radius 2 is 2.00 bits per heavy atom. The van der Waals surface area contributed by atoms with Crippen LogP contribution in [0.5, 0.6) is 0 Å². The molecule has 94 valence electrons. The summed E-state index contributed by atoms with van der Waals surface area (Å²) in [5.74, 6) is 0. The van der Waals surface area contributed by atoms with Gasteiger partial charge in [0.15, 0.2) is 0 Å². The van der Waals surface area contributed by atoms with E-state index in [4.69, 9.17) is 5.26 Å². The minimum atomic E-state index is 0.142. The maximum atomic E-state index is 9.10. The van der Waals surface area contributed by atoms with Gasteiger partial charge in [-0.3, -0.25) is 0 Å². The molecule has 0 spiro atoms. The van der Waals surface area contributed by atoms with Gasteiger partial charge in [0.25, 0.3) is 0 Å². The minimum Gasteiger partial charge on any atom is -0.367 e. The zero-order valence-electron chi connectivity index (χ0n) is 10.7. The van der Waals surface area contributed by atoms with E-state index in [0.29, 0.717) is 5.56 Å². The van der Waals surface area contributed by atoms with Crippen LogP contribution in [0.3, 0.4) is 0 Å². The van der Waals surface area contributed by atoms with Crippen molar-refractivity contribution < 1.29 is 0 Å². The fourth-order valence-electron chi connectivity index (χ4n) is 1.81. The molecule has 0 amide bonds. The van der Waals surface area contributed by atoms with E-state index in [9.17, 15) is 0 Å². The lowest BCUT2D eigenvalue weighted by Gasteiger charge is -2.12. The van der Waals surface area contributed by atoms with Crippen molar-refractivity contribution >= 4 is 27.9 Å². The fraction of sp³-hybridized carbons (Fsp3) is 0.417. The van der Waals surface area contributed by atoms with Gasteiger partial charge < -0.3 is 5.32 Å². The molecule has 1 N–H and O–H groups in total. The van der Waals surface area contributed by atoms with Gasteiger partial charge in [-0.25, -0.2) is 4.98 Å². The molecule has 2 rings (SSSR count). The van der Waals surface area contributed by atoms with Crippen LogP contribution in [-0.4, -0.2) is 9.36 Å². The Kier molecular flexibility index (Phi) is 3.64. The molecule has 2 aromatic heterocycles. The molecule has 0 aliphatic heterocycles. The summed E-state index contributed by atoms with van der Waals surface area (Å²) in [6, 6.07) is 2.34. The lowest BCUT2D eigenvalue weighted by atomic mass is 10.2. The number of hydrogen-bond acceptors (Lipinski definition) is 6. The van der Waals surface area contributed by atoms with Crippen molar-refractivity contribution in [2.75, 3.05) is 5.32 Å². The molecule has 18 heavy (non-hydrogen) atoms. The molecule has 4 nitrogen and oxygen atoms in total. The van der Waals surface area contributed by atoms with Crippen LogP contribution in [0, 0.1) is 32.1 Å². The minimum absolute atomic E-state index is 0.142. The molecule has 0 fully saturated rings. The number of aryl methyl sites for hydroxylation is 3. The quantitative estimate of drug-likeness (QED) is 0.932. The van der Waals surface area contributed by atoms with Gasteiger partial charge in [0.1, 0.15) is 16.6 Å². The van der Waals surface area contributed by atoms with Crippen LogP contribution >= 0.6 is 22.9 Å². The molecule has 0 saturated carbocycles. The molecular weight excluding hydrogens is 264 g/mol. The lowest BCUT2D eigenvalue weighted by Crippen LogP contribution is -2.06. The molecule has 0 aliphatic rings. The molecule has 0 saturated heterocycles. The van der Waals surface area contributed by atoms with Crippen LogP contribution in [0.2, 0.25) is 0 Å². The molecule has 6 heteroatoms. The van der Waals surface area contributed by atoms with Crippen molar-refractivity contribution in [3.8, 4) is 6.07 Å². The van der Waals surface area contributed by atoms with Gasteiger partial charge in [0, 0.05) is 4.88 Å². The number of anilines is 1. The Balaban J connectivity index is 2.24. The van der Waals surface area contributed by atoms with Crippen molar-refractivity contribution in [1.82, 2.24) is 9.36 Å². The number of thiazole rings is 1. The molecular formula is C12H14N4S2. The van der Waals surface area contributed by atoms with Crippen molar-refractivity contribution in [2.45, 2.75) is 33.7 Å². The van der Waals surface area contributed by atoms with Crippen LogP contribution in [-0.2, 0) is 0 Å². The molecule has 2 aromatic rings. The molecule has 0 aliphatic carbocycles. The summed E-state index contributed by atoms with van der Waals surface area (Å²) in [5.41, 5.74) is 2.48. The van der Waals surface area contributed by atoms with Gasteiger partial charge in [0.2, 0.25) is 0 Å². The van der Waals surface area contributed by atoms with Crippen molar-refractivity contribution in [2.24, 2.45) is 0 Å². The summed E-state index contributed by atoms with van der Waals surface area (Å²) in [5, 5.41) is 14.4. The van der Waals surface area contributed by atoms with Crippen LogP contribution in [0.4, 0.5) is 5.00 Å². The third kappa shape index (κ3) is 2.37. The molecule has 0 bridgehead atoms. The summed E-state index contributed by atoms with van der Waals surface area (Å²) in [4.78, 5) is 5.63. The van der Waals surface area contributed by atoms with Gasteiger partial charge in [-0.1, -0.05) is 0 Å². The predicted molar refractivity (Wildman–Crippen MR) is 75.2 cm³/mol. The zero-order valence-corrected chi connectivity index (χ0v) is 12.4. The van der Waals surface area contributed by atoms with E-state index >= 15 is 0 Å². The second-order valence-electron chi connectivity index (χ2n) is 4.13. The first-order valence-electron chi connectivity index (χ1n) is 5.59. The summed E-state index contributed by atoms with van der Waals surface area (Å²) in [7, 11) is 0. The highest BCUT2D eigenvalue weighted by Crippen LogP contribution is 2.31. The van der Waals surface area contributed by atoms with Crippen LogP contribution < -0.4 is 5.32 Å². The lowest BCUT2D eigenvalue weighted by molar-refractivity contribution is 0.893. The number of nitrogens with one attached hydrogen (secondary N) is 1. The number of aromatic nitrogens is 2. The molecule has 1 unspecified atom stereocenters. The van der Waals surface area contributed by atoms with E-state index in [0.717, 1.165) is 21.4 Å². The van der Waals surface area contributed by atoms with Crippen molar-refractivity contribution in [1.29, 1.82) is 5.26 Å². The highest BCUT2D eigenvalue weighted by Gasteiger charge is 2.16. The van der Waals surface area contributed by atoms with E-state index in [2.05, 4.69) is 27.7 Å². The van der Waals surface area contributed by atoms with Crippen molar-refractivity contribution in [3.05, 3.63) is 26.8 Å². The summed E-state index contributed by atoms with van der Waals surface area (Å²) >= 11 is 3.03. The van der Waals surface area contributed by atoms with E-state index < -0.39 is 0 Å². The van der Waals surface area contributed by atoms with E-state index in [1.807, 2.05) is 20.8 Å². The van der Waals surface area contributed by atoms with Gasteiger partial charge in [-0.05, 0) is 39.2 Å². The van der Waals surface area contributed by atoms with Crippen LogP contribution in [0.15, 0.2) is 0 Å². The number of nitrogens with zero attached hydrogens (tertiary/aromatic N) is 3. The number of rotatable bonds is 3. The second-order valence-corrected chi connectivity index (χ2v) is 6.14. The first kappa shape index (κ1) is 13.0. The van der Waals surface area contributed by atoms with Crippen LogP contribution in [0.1, 0.15) is 39.8 Å².